The van der Waals surface area contributed by atoms with Crippen molar-refractivity contribution in [3.63, 3.8) is 0 Å². The Hall–Kier alpha value is -1.72. The summed E-state index contributed by atoms with van der Waals surface area (Å²) in [4.78, 5) is 0. The van der Waals surface area contributed by atoms with E-state index < -0.39 is 23.5 Å². The Morgan fingerprint density at radius 1 is 1.20 bits per heavy atom. The zero-order valence-corrected chi connectivity index (χ0v) is 7.06. The molecule has 15 heavy (non-hydrogen) atoms. The van der Waals surface area contributed by atoms with Gasteiger partial charge in [0.15, 0.2) is 11.5 Å². The van der Waals surface area contributed by atoms with Crippen LogP contribution in [-0.4, -0.2) is 0 Å². The van der Waals surface area contributed by atoms with E-state index in [1.165, 1.54) is 6.07 Å². The van der Waals surface area contributed by atoms with Gasteiger partial charge in [-0.25, -0.2) is 0 Å². The van der Waals surface area contributed by atoms with E-state index in [1.807, 2.05) is 0 Å². The maximum absolute atomic E-state index is 12.5. The van der Waals surface area contributed by atoms with Gasteiger partial charge in [0.05, 0.1) is 0 Å². The molecule has 0 saturated heterocycles. The minimum absolute atomic E-state index is 0.216. The van der Waals surface area contributed by atoms with Crippen molar-refractivity contribution >= 4 is 0 Å². The molecule has 2 rings (SSSR count). The Morgan fingerprint density at radius 3 is 2.60 bits per heavy atom. The van der Waals surface area contributed by atoms with Crippen LogP contribution in [0.4, 0.5) is 17.6 Å². The smallest absolute Gasteiger partial charge is 0.420 e. The summed E-state index contributed by atoms with van der Waals surface area (Å²) < 4.78 is 58.5. The monoisotopic (exact) mass is 219 g/mol. The lowest BCUT2D eigenvalue weighted by Gasteiger charge is -2.17. The average Bonchev–Trinajstić information content (AvgIpc) is 2.15. The molecule has 0 unspecified atom stereocenters. The highest BCUT2D eigenvalue weighted by atomic mass is 19.4. The minimum Gasteiger partial charge on any atom is -0.443 e. The number of alkyl halides is 3. The van der Waals surface area contributed by atoms with E-state index in [1.54, 1.807) is 6.26 Å². The molecule has 0 bridgehead atoms. The molecular weight excluding hydrogens is 216 g/mol. The molecule has 1 aliphatic heterocycles. The van der Waals surface area contributed by atoms with E-state index in [0.29, 0.717) is 0 Å². The lowest BCUT2D eigenvalue weighted by atomic mass is 10.1. The van der Waals surface area contributed by atoms with Crippen molar-refractivity contribution in [2.24, 2.45) is 0 Å². The molecule has 0 saturated carbocycles. The van der Waals surface area contributed by atoms with Crippen LogP contribution in [-0.2, 0) is 6.18 Å². The molecule has 1 radical (unpaired) electrons. The van der Waals surface area contributed by atoms with Crippen LogP contribution < -0.4 is 9.47 Å². The number of ether oxygens (including phenoxy) is 2. The van der Waals surface area contributed by atoms with Gasteiger partial charge in [-0.05, 0) is 12.1 Å². The standard InChI is InChI=1S/C9H3F4O2/c10-7-4-14-6-3-1-2-5(8(6)15-7)9(11,12)13/h1-3H. The Balaban J connectivity index is 2.53. The van der Waals surface area contributed by atoms with E-state index >= 15 is 0 Å². The van der Waals surface area contributed by atoms with Crippen LogP contribution in [0, 0.1) is 6.26 Å². The first-order valence-corrected chi connectivity index (χ1v) is 3.82. The molecule has 0 fully saturated rings. The molecule has 6 heteroatoms. The summed E-state index contributed by atoms with van der Waals surface area (Å²) >= 11 is 0. The van der Waals surface area contributed by atoms with Crippen LogP contribution in [0.2, 0.25) is 0 Å². The fourth-order valence-electron chi connectivity index (χ4n) is 1.13. The third-order valence-corrected chi connectivity index (χ3v) is 1.72. The van der Waals surface area contributed by atoms with Gasteiger partial charge in [0, 0.05) is 0 Å². The second-order valence-corrected chi connectivity index (χ2v) is 2.71. The highest BCUT2D eigenvalue weighted by Crippen LogP contribution is 2.43. The zero-order valence-electron chi connectivity index (χ0n) is 7.06. The minimum atomic E-state index is -4.62. The van der Waals surface area contributed by atoms with Gasteiger partial charge in [0.2, 0.25) is 6.26 Å². The molecular formula is C9H3F4O2. The summed E-state index contributed by atoms with van der Waals surface area (Å²) in [5.74, 6) is -0.896. The van der Waals surface area contributed by atoms with Crippen LogP contribution in [0.5, 0.6) is 11.5 Å². The van der Waals surface area contributed by atoms with Gasteiger partial charge >= 0.3 is 12.2 Å². The molecule has 0 aliphatic carbocycles. The molecule has 0 N–H and O–H groups in total. The predicted octanol–water partition coefficient (Wildman–Crippen LogP) is 3.05. The van der Waals surface area contributed by atoms with Gasteiger partial charge in [-0.3, -0.25) is 0 Å². The molecule has 1 aromatic rings. The van der Waals surface area contributed by atoms with Crippen molar-refractivity contribution in [3.05, 3.63) is 36.0 Å². The van der Waals surface area contributed by atoms with Crippen molar-refractivity contribution in [1.29, 1.82) is 0 Å². The summed E-state index contributed by atoms with van der Waals surface area (Å²) in [5, 5.41) is 0. The van der Waals surface area contributed by atoms with Crippen molar-refractivity contribution in [3.8, 4) is 11.5 Å². The van der Waals surface area contributed by atoms with Gasteiger partial charge in [-0.15, -0.1) is 0 Å². The molecule has 0 aromatic heterocycles. The van der Waals surface area contributed by atoms with Gasteiger partial charge in [-0.2, -0.15) is 17.6 Å². The van der Waals surface area contributed by atoms with E-state index in [9.17, 15) is 17.6 Å². The first kappa shape index (κ1) is 9.82. The Labute approximate surface area is 81.7 Å². The fraction of sp³-hybridized carbons (Fsp3) is 0.111. The largest absolute Gasteiger partial charge is 0.443 e. The first-order valence-electron chi connectivity index (χ1n) is 3.82. The summed E-state index contributed by atoms with van der Waals surface area (Å²) in [6, 6.07) is 1.81. The summed E-state index contributed by atoms with van der Waals surface area (Å²) in [6.07, 6.45) is -2.94. The van der Waals surface area contributed by atoms with Crippen LogP contribution in [0.1, 0.15) is 5.56 Å². The molecule has 0 amide bonds. The quantitative estimate of drug-likeness (QED) is 0.624. The molecule has 0 spiro atoms. The Bertz CT molecular complexity index is 423. The van der Waals surface area contributed by atoms with Crippen molar-refractivity contribution in [2.75, 3.05) is 0 Å². The van der Waals surface area contributed by atoms with Crippen molar-refractivity contribution < 1.29 is 27.0 Å². The third-order valence-electron chi connectivity index (χ3n) is 1.72. The number of rotatable bonds is 0. The summed E-state index contributed by atoms with van der Waals surface area (Å²) in [6.45, 7) is 0. The SMILES string of the molecule is FC1=[C]Oc2cccc(C(F)(F)F)c2O1. The van der Waals surface area contributed by atoms with E-state index in [-0.39, 0.29) is 5.75 Å². The van der Waals surface area contributed by atoms with Crippen LogP contribution in [0.25, 0.3) is 0 Å². The van der Waals surface area contributed by atoms with Crippen molar-refractivity contribution in [2.45, 2.75) is 6.18 Å². The van der Waals surface area contributed by atoms with E-state index in [2.05, 4.69) is 9.47 Å². The van der Waals surface area contributed by atoms with Crippen molar-refractivity contribution in [1.82, 2.24) is 0 Å². The van der Waals surface area contributed by atoms with Crippen LogP contribution in [0.15, 0.2) is 24.2 Å². The maximum atomic E-state index is 12.5. The number of benzene rings is 1. The zero-order chi connectivity index (χ0) is 11.1. The summed E-state index contributed by atoms with van der Waals surface area (Å²) in [5.41, 5.74) is -1.09. The number of hydrogen-bond donors (Lipinski definition) is 0. The molecule has 2 nitrogen and oxygen atoms in total. The molecule has 79 valence electrons. The number of para-hydroxylation sites is 1. The Morgan fingerprint density at radius 2 is 1.93 bits per heavy atom. The first-order chi connectivity index (χ1) is 6.98. The lowest BCUT2D eigenvalue weighted by Crippen LogP contribution is -2.11. The number of fused-ring (bicyclic) bond motifs is 1. The van der Waals surface area contributed by atoms with Gasteiger partial charge in [-0.1, -0.05) is 6.07 Å². The van der Waals surface area contributed by atoms with Crippen LogP contribution >= 0.6 is 0 Å². The number of hydrogen-bond acceptors (Lipinski definition) is 2. The van der Waals surface area contributed by atoms with Gasteiger partial charge in [0.1, 0.15) is 5.56 Å². The number of halogens is 4. The fourth-order valence-corrected chi connectivity index (χ4v) is 1.13. The van der Waals surface area contributed by atoms with E-state index in [4.69, 9.17) is 0 Å². The molecule has 0 atom stereocenters. The predicted molar refractivity (Wildman–Crippen MR) is 40.6 cm³/mol. The summed E-state index contributed by atoms with van der Waals surface area (Å²) in [7, 11) is 0. The second-order valence-electron chi connectivity index (χ2n) is 2.71. The van der Waals surface area contributed by atoms with Crippen LogP contribution in [0.3, 0.4) is 0 Å². The van der Waals surface area contributed by atoms with Gasteiger partial charge < -0.3 is 9.47 Å². The third kappa shape index (κ3) is 1.74. The normalized spacial score (nSPS) is 14.8. The van der Waals surface area contributed by atoms with E-state index in [0.717, 1.165) is 12.1 Å². The lowest BCUT2D eigenvalue weighted by molar-refractivity contribution is -0.139. The Kier molecular flexibility index (Phi) is 2.06. The highest BCUT2D eigenvalue weighted by Gasteiger charge is 2.37. The average molecular weight is 219 g/mol. The molecule has 1 heterocycles. The topological polar surface area (TPSA) is 18.5 Å². The molecule has 1 aromatic carbocycles. The maximum Gasteiger partial charge on any atom is 0.420 e. The highest BCUT2D eigenvalue weighted by molar-refractivity contribution is 5.49. The van der Waals surface area contributed by atoms with Gasteiger partial charge in [0.25, 0.3) is 0 Å². The molecule has 1 aliphatic rings. The second kappa shape index (κ2) is 3.15.